The van der Waals surface area contributed by atoms with Gasteiger partial charge in [0.05, 0.1) is 17.4 Å². The predicted molar refractivity (Wildman–Crippen MR) is 101 cm³/mol. The van der Waals surface area contributed by atoms with Gasteiger partial charge in [-0.2, -0.15) is 0 Å². The summed E-state index contributed by atoms with van der Waals surface area (Å²) in [6.45, 7) is 7.31. The highest BCUT2D eigenvalue weighted by Crippen LogP contribution is 2.45. The standard InChI is InChI=1S/C19H28N4O/c1-4-5-10-15-22-16-17(23(15)11-19(2,3)12-24)13-8-6-7-9-14(13)21-18(16)20/h6-9,15,22,24H,4-5,10-12H2,1-3H3,(H2,20,21). The molecule has 1 aliphatic heterocycles. The van der Waals surface area contributed by atoms with Gasteiger partial charge in [-0.25, -0.2) is 4.98 Å². The Morgan fingerprint density at radius 1 is 1.33 bits per heavy atom. The van der Waals surface area contributed by atoms with Gasteiger partial charge in [0, 0.05) is 24.0 Å². The van der Waals surface area contributed by atoms with Crippen LogP contribution in [0.2, 0.25) is 0 Å². The van der Waals surface area contributed by atoms with E-state index in [0.717, 1.165) is 48.1 Å². The van der Waals surface area contributed by atoms with Crippen LogP contribution in [0.4, 0.5) is 17.2 Å². The number of benzene rings is 1. The first-order valence-corrected chi connectivity index (χ1v) is 8.79. The highest BCUT2D eigenvalue weighted by Gasteiger charge is 2.35. The van der Waals surface area contributed by atoms with Crippen LogP contribution in [0.25, 0.3) is 10.9 Å². The van der Waals surface area contributed by atoms with Crippen molar-refractivity contribution in [2.45, 2.75) is 46.2 Å². The van der Waals surface area contributed by atoms with E-state index in [1.807, 2.05) is 18.2 Å². The van der Waals surface area contributed by atoms with E-state index in [4.69, 9.17) is 5.73 Å². The molecule has 5 heteroatoms. The van der Waals surface area contributed by atoms with Crippen molar-refractivity contribution < 1.29 is 5.11 Å². The van der Waals surface area contributed by atoms with E-state index in [1.165, 1.54) is 0 Å². The minimum absolute atomic E-state index is 0.151. The van der Waals surface area contributed by atoms with Gasteiger partial charge in [-0.05, 0) is 18.9 Å². The number of nitrogen functional groups attached to an aromatic ring is 1. The van der Waals surface area contributed by atoms with E-state index in [1.54, 1.807) is 0 Å². The van der Waals surface area contributed by atoms with Crippen LogP contribution in [0.1, 0.15) is 40.0 Å². The van der Waals surface area contributed by atoms with Gasteiger partial charge in [0.2, 0.25) is 0 Å². The lowest BCUT2D eigenvalue weighted by Crippen LogP contribution is -2.43. The number of pyridine rings is 1. The number of nitrogens with one attached hydrogen (secondary N) is 1. The maximum atomic E-state index is 9.75. The Kier molecular flexibility index (Phi) is 4.54. The van der Waals surface area contributed by atoms with Gasteiger partial charge in [0.15, 0.2) is 0 Å². The Morgan fingerprint density at radius 2 is 2.08 bits per heavy atom. The summed E-state index contributed by atoms with van der Waals surface area (Å²) >= 11 is 0. The molecular formula is C19H28N4O. The quantitative estimate of drug-likeness (QED) is 0.756. The number of para-hydroxylation sites is 1. The smallest absolute Gasteiger partial charge is 0.149 e. The predicted octanol–water partition coefficient (Wildman–Crippen LogP) is 3.58. The second-order valence-corrected chi connectivity index (χ2v) is 7.49. The molecule has 2 heterocycles. The fourth-order valence-corrected chi connectivity index (χ4v) is 3.38. The molecule has 0 spiro atoms. The Bertz CT molecular complexity index is 729. The van der Waals surface area contributed by atoms with Crippen molar-refractivity contribution in [2.75, 3.05) is 29.1 Å². The first-order valence-electron chi connectivity index (χ1n) is 8.79. The summed E-state index contributed by atoms with van der Waals surface area (Å²) in [6, 6.07) is 8.12. The second-order valence-electron chi connectivity index (χ2n) is 7.49. The van der Waals surface area contributed by atoms with Gasteiger partial charge in [-0.3, -0.25) is 0 Å². The molecule has 0 saturated carbocycles. The Balaban J connectivity index is 2.10. The average molecular weight is 328 g/mol. The van der Waals surface area contributed by atoms with Crippen molar-refractivity contribution >= 4 is 28.1 Å². The molecule has 0 amide bonds. The molecular weight excluding hydrogens is 300 g/mol. The maximum Gasteiger partial charge on any atom is 0.149 e. The lowest BCUT2D eigenvalue weighted by molar-refractivity contribution is 0.162. The third-order valence-corrected chi connectivity index (χ3v) is 4.72. The van der Waals surface area contributed by atoms with Gasteiger partial charge in [0.1, 0.15) is 11.5 Å². The molecule has 4 N–H and O–H groups in total. The van der Waals surface area contributed by atoms with Crippen LogP contribution in [-0.2, 0) is 0 Å². The summed E-state index contributed by atoms with van der Waals surface area (Å²) in [5.41, 5.74) is 9.02. The Morgan fingerprint density at radius 3 is 2.79 bits per heavy atom. The van der Waals surface area contributed by atoms with E-state index < -0.39 is 0 Å². The van der Waals surface area contributed by atoms with Crippen LogP contribution in [0, 0.1) is 5.41 Å². The van der Waals surface area contributed by atoms with Gasteiger partial charge in [-0.1, -0.05) is 45.4 Å². The van der Waals surface area contributed by atoms with Crippen LogP contribution < -0.4 is 16.0 Å². The van der Waals surface area contributed by atoms with Gasteiger partial charge >= 0.3 is 0 Å². The molecule has 5 nitrogen and oxygen atoms in total. The zero-order valence-corrected chi connectivity index (χ0v) is 14.8. The summed E-state index contributed by atoms with van der Waals surface area (Å²) in [7, 11) is 0. The second kappa shape index (κ2) is 6.48. The van der Waals surface area contributed by atoms with E-state index >= 15 is 0 Å². The Labute approximate surface area is 143 Å². The summed E-state index contributed by atoms with van der Waals surface area (Å²) in [4.78, 5) is 6.93. The van der Waals surface area contributed by atoms with E-state index in [2.05, 4.69) is 42.0 Å². The average Bonchev–Trinajstić information content (AvgIpc) is 2.92. The van der Waals surface area contributed by atoms with Gasteiger partial charge in [0.25, 0.3) is 0 Å². The minimum atomic E-state index is -0.188. The molecule has 1 atom stereocenters. The Hall–Kier alpha value is -2.01. The van der Waals surface area contributed by atoms with E-state index in [0.29, 0.717) is 5.82 Å². The maximum absolute atomic E-state index is 9.75. The first-order chi connectivity index (χ1) is 11.5. The van der Waals surface area contributed by atoms with Crippen molar-refractivity contribution in [3.63, 3.8) is 0 Å². The third kappa shape index (κ3) is 3.00. The fraction of sp³-hybridized carbons (Fsp3) is 0.526. The first kappa shape index (κ1) is 16.8. The fourth-order valence-electron chi connectivity index (χ4n) is 3.38. The zero-order chi connectivity index (χ0) is 17.3. The van der Waals surface area contributed by atoms with Crippen molar-refractivity contribution in [2.24, 2.45) is 5.41 Å². The minimum Gasteiger partial charge on any atom is -0.396 e. The van der Waals surface area contributed by atoms with E-state index in [-0.39, 0.29) is 18.2 Å². The number of rotatable bonds is 6. The molecule has 1 aromatic carbocycles. The molecule has 0 radical (unpaired) electrons. The van der Waals surface area contributed by atoms with Crippen molar-refractivity contribution in [1.29, 1.82) is 0 Å². The van der Waals surface area contributed by atoms with Crippen molar-refractivity contribution in [3.8, 4) is 0 Å². The molecule has 2 aromatic rings. The van der Waals surface area contributed by atoms with Crippen molar-refractivity contribution in [1.82, 2.24) is 4.98 Å². The van der Waals surface area contributed by atoms with Crippen LogP contribution in [0.15, 0.2) is 24.3 Å². The highest BCUT2D eigenvalue weighted by molar-refractivity contribution is 6.04. The molecule has 1 aliphatic rings. The molecule has 0 saturated heterocycles. The molecule has 0 aliphatic carbocycles. The van der Waals surface area contributed by atoms with Gasteiger partial charge < -0.3 is 21.1 Å². The molecule has 1 aromatic heterocycles. The number of nitrogens with two attached hydrogens (primary N) is 1. The molecule has 130 valence electrons. The molecule has 3 rings (SSSR count). The SMILES string of the molecule is CCCCC1Nc2c(N)nc3ccccc3c2N1CC(C)(C)CO. The zero-order valence-electron chi connectivity index (χ0n) is 14.8. The molecule has 24 heavy (non-hydrogen) atoms. The summed E-state index contributed by atoms with van der Waals surface area (Å²) in [5, 5.41) is 14.4. The van der Waals surface area contributed by atoms with Crippen LogP contribution in [0.3, 0.4) is 0 Å². The monoisotopic (exact) mass is 328 g/mol. The van der Waals surface area contributed by atoms with E-state index in [9.17, 15) is 5.11 Å². The number of hydrogen-bond acceptors (Lipinski definition) is 5. The highest BCUT2D eigenvalue weighted by atomic mass is 16.3. The summed E-state index contributed by atoms with van der Waals surface area (Å²) < 4.78 is 0. The summed E-state index contributed by atoms with van der Waals surface area (Å²) in [5.74, 6) is 0.550. The number of fused-ring (bicyclic) bond motifs is 3. The number of aliphatic hydroxyl groups excluding tert-OH is 1. The number of anilines is 3. The van der Waals surface area contributed by atoms with Crippen molar-refractivity contribution in [3.05, 3.63) is 24.3 Å². The number of hydrogen-bond donors (Lipinski definition) is 3. The lowest BCUT2D eigenvalue weighted by atomic mass is 9.93. The normalized spacial score (nSPS) is 17.2. The number of nitrogens with zero attached hydrogens (tertiary/aromatic N) is 2. The van der Waals surface area contributed by atoms with Gasteiger partial charge in [-0.15, -0.1) is 0 Å². The molecule has 1 unspecified atom stereocenters. The molecule has 0 bridgehead atoms. The summed E-state index contributed by atoms with van der Waals surface area (Å²) in [6.07, 6.45) is 3.54. The number of unbranched alkanes of at least 4 members (excludes halogenated alkanes) is 1. The largest absolute Gasteiger partial charge is 0.396 e. The topological polar surface area (TPSA) is 74.4 Å². The molecule has 0 fully saturated rings. The third-order valence-electron chi connectivity index (χ3n) is 4.72. The lowest BCUT2D eigenvalue weighted by Gasteiger charge is -2.34. The van der Waals surface area contributed by atoms with Crippen LogP contribution in [-0.4, -0.2) is 29.4 Å². The van der Waals surface area contributed by atoms with Crippen LogP contribution in [0.5, 0.6) is 0 Å². The number of aliphatic hydroxyl groups is 1. The number of aromatic nitrogens is 1. The van der Waals surface area contributed by atoms with Crippen LogP contribution >= 0.6 is 0 Å².